The fourth-order valence-electron chi connectivity index (χ4n) is 3.55. The van der Waals surface area contributed by atoms with Gasteiger partial charge >= 0.3 is 5.97 Å². The van der Waals surface area contributed by atoms with Gasteiger partial charge in [0.25, 0.3) is 0 Å². The number of rotatable bonds is 2. The summed E-state index contributed by atoms with van der Waals surface area (Å²) in [4.78, 5) is 16.1. The average Bonchev–Trinajstić information content (AvgIpc) is 3.25. The van der Waals surface area contributed by atoms with E-state index in [0.717, 1.165) is 0 Å². The number of carbonyl (C=O) groups excluding carboxylic acids is 1. The summed E-state index contributed by atoms with van der Waals surface area (Å²) in [6, 6.07) is 5.48. The van der Waals surface area contributed by atoms with Gasteiger partial charge in [0.15, 0.2) is 17.7 Å². The molecule has 2 aromatic rings. The van der Waals surface area contributed by atoms with E-state index in [9.17, 15) is 10.1 Å². The van der Waals surface area contributed by atoms with Crippen molar-refractivity contribution in [2.24, 2.45) is 0 Å². The van der Waals surface area contributed by atoms with E-state index in [1.807, 2.05) is 0 Å². The number of hydrogen-bond donors (Lipinski definition) is 1. The molecule has 0 spiro atoms. The first kappa shape index (κ1) is 16.7. The number of ether oxygens (including phenoxy) is 4. The lowest BCUT2D eigenvalue weighted by Gasteiger charge is -2.28. The topological polar surface area (TPSA) is 134 Å². The van der Waals surface area contributed by atoms with E-state index in [1.165, 1.54) is 18.0 Å². The summed E-state index contributed by atoms with van der Waals surface area (Å²) < 4.78 is 23.9. The maximum Gasteiger partial charge on any atom is 0.337 e. The number of fused-ring (bicyclic) bond motifs is 2. The highest BCUT2D eigenvalue weighted by molar-refractivity contribution is 5.76. The molecule has 2 N–H and O–H groups in total. The van der Waals surface area contributed by atoms with Gasteiger partial charge in [-0.2, -0.15) is 10.4 Å². The van der Waals surface area contributed by atoms with E-state index in [0.29, 0.717) is 11.2 Å². The molecule has 2 fully saturated rings. The van der Waals surface area contributed by atoms with Crippen molar-refractivity contribution in [3.05, 3.63) is 24.2 Å². The van der Waals surface area contributed by atoms with Crippen molar-refractivity contribution in [3.63, 3.8) is 0 Å². The molecule has 2 aliphatic heterocycles. The first-order chi connectivity index (χ1) is 12.3. The molecule has 0 saturated carbocycles. The minimum Gasteiger partial charge on any atom is -0.467 e. The van der Waals surface area contributed by atoms with Gasteiger partial charge in [-0.1, -0.05) is 0 Å². The molecule has 10 heteroatoms. The van der Waals surface area contributed by atoms with Gasteiger partial charge in [0, 0.05) is 0 Å². The minimum absolute atomic E-state index is 0.252. The molecular weight excluding hydrogens is 342 g/mol. The Labute approximate surface area is 148 Å². The van der Waals surface area contributed by atoms with E-state index >= 15 is 0 Å². The lowest BCUT2D eigenvalue weighted by Crippen LogP contribution is -2.40. The van der Waals surface area contributed by atoms with Gasteiger partial charge < -0.3 is 24.7 Å². The molecule has 4 heterocycles. The zero-order valence-corrected chi connectivity index (χ0v) is 14.4. The molecule has 10 nitrogen and oxygen atoms in total. The number of carbonyl (C=O) groups is 1. The van der Waals surface area contributed by atoms with Gasteiger partial charge in [-0.25, -0.2) is 14.3 Å². The Balaban J connectivity index is 1.90. The van der Waals surface area contributed by atoms with Crippen LogP contribution in [-0.4, -0.2) is 51.8 Å². The Morgan fingerprint density at radius 2 is 2.15 bits per heavy atom. The molecule has 2 aliphatic rings. The number of hydrogen-bond acceptors (Lipinski definition) is 9. The van der Waals surface area contributed by atoms with E-state index in [4.69, 9.17) is 24.7 Å². The normalized spacial score (nSPS) is 32.3. The molecule has 4 atom stereocenters. The summed E-state index contributed by atoms with van der Waals surface area (Å²) in [5, 5.41) is 14.2. The van der Waals surface area contributed by atoms with Crippen LogP contribution in [0.2, 0.25) is 0 Å². The van der Waals surface area contributed by atoms with Crippen molar-refractivity contribution < 1.29 is 23.7 Å². The van der Waals surface area contributed by atoms with Crippen molar-refractivity contribution in [3.8, 4) is 6.07 Å². The van der Waals surface area contributed by atoms with E-state index in [1.54, 1.807) is 26.0 Å². The number of esters is 1. The largest absolute Gasteiger partial charge is 0.467 e. The fraction of sp³-hybridized carbons (Fsp3) is 0.500. The van der Waals surface area contributed by atoms with Crippen LogP contribution in [0, 0.1) is 11.3 Å². The van der Waals surface area contributed by atoms with Crippen molar-refractivity contribution >= 4 is 17.3 Å². The van der Waals surface area contributed by atoms with Crippen molar-refractivity contribution in [1.29, 1.82) is 5.26 Å². The molecule has 0 radical (unpaired) electrons. The third-order valence-corrected chi connectivity index (χ3v) is 4.60. The summed E-state index contributed by atoms with van der Waals surface area (Å²) in [5.74, 6) is -1.38. The Morgan fingerprint density at radius 3 is 2.85 bits per heavy atom. The van der Waals surface area contributed by atoms with Crippen LogP contribution in [0.25, 0.3) is 5.52 Å². The summed E-state index contributed by atoms with van der Waals surface area (Å²) in [6.07, 6.45) is -1.50. The highest BCUT2D eigenvalue weighted by Crippen LogP contribution is 2.49. The number of anilines is 1. The average molecular weight is 359 g/mol. The second-order valence-electron chi connectivity index (χ2n) is 6.59. The third-order valence-electron chi connectivity index (χ3n) is 4.60. The van der Waals surface area contributed by atoms with Crippen molar-refractivity contribution in [1.82, 2.24) is 14.6 Å². The molecule has 0 aliphatic carbocycles. The number of nitriles is 1. The predicted molar refractivity (Wildman–Crippen MR) is 85.4 cm³/mol. The summed E-state index contributed by atoms with van der Waals surface area (Å²) >= 11 is 0. The number of aromatic nitrogens is 3. The number of methoxy groups -OCH3 is 1. The SMILES string of the molecule is COC(=O)[C@H]1O[C@@](C#N)(c2ccc3c(N)ncnn23)[C@@H]2OC(C)(C)O[C@H]12. The van der Waals surface area contributed by atoms with Gasteiger partial charge in [0.05, 0.1) is 12.8 Å². The number of nitrogen functional groups attached to an aromatic ring is 1. The van der Waals surface area contributed by atoms with Gasteiger partial charge in [0.1, 0.15) is 30.1 Å². The molecule has 0 bridgehead atoms. The molecule has 26 heavy (non-hydrogen) atoms. The first-order valence-electron chi connectivity index (χ1n) is 7.94. The first-order valence-corrected chi connectivity index (χ1v) is 7.94. The Bertz CT molecular complexity index is 935. The Morgan fingerprint density at radius 1 is 1.38 bits per heavy atom. The molecule has 0 amide bonds. The molecule has 0 aromatic carbocycles. The highest BCUT2D eigenvalue weighted by Gasteiger charge is 2.67. The van der Waals surface area contributed by atoms with Crippen LogP contribution in [0.1, 0.15) is 19.5 Å². The van der Waals surface area contributed by atoms with E-state index in [-0.39, 0.29) is 5.82 Å². The molecule has 4 rings (SSSR count). The maximum absolute atomic E-state index is 12.2. The summed E-state index contributed by atoms with van der Waals surface area (Å²) in [6.45, 7) is 3.41. The maximum atomic E-state index is 12.2. The third kappa shape index (κ3) is 2.11. The standard InChI is InChI=1S/C16H17N5O5/c1-15(2)24-10-11(14(22)23-3)25-16(6-17,12(10)26-15)9-5-4-8-13(18)19-7-20-21(8)9/h4-5,7,10-12H,1-3H3,(H2,18,19,20)/t10-,11+,12-,16+/m1/s1. The van der Waals surface area contributed by atoms with Crippen LogP contribution in [0.15, 0.2) is 18.5 Å². The van der Waals surface area contributed by atoms with E-state index < -0.39 is 35.7 Å². The molecule has 136 valence electrons. The second-order valence-corrected chi connectivity index (χ2v) is 6.59. The summed E-state index contributed by atoms with van der Waals surface area (Å²) in [5.41, 5.74) is 5.12. The van der Waals surface area contributed by atoms with Gasteiger partial charge in [0.2, 0.25) is 5.60 Å². The van der Waals surface area contributed by atoms with Crippen LogP contribution in [0.3, 0.4) is 0 Å². The van der Waals surface area contributed by atoms with Crippen LogP contribution >= 0.6 is 0 Å². The monoisotopic (exact) mass is 359 g/mol. The molecule has 0 unspecified atom stereocenters. The zero-order chi connectivity index (χ0) is 18.7. The zero-order valence-electron chi connectivity index (χ0n) is 14.4. The number of nitrogens with two attached hydrogens (primary N) is 1. The molecular formula is C16H17N5O5. The predicted octanol–water partition coefficient (Wildman–Crippen LogP) is 0.122. The van der Waals surface area contributed by atoms with Crippen LogP contribution in [0.4, 0.5) is 5.82 Å². The quantitative estimate of drug-likeness (QED) is 0.742. The highest BCUT2D eigenvalue weighted by atomic mass is 16.8. The Hall–Kier alpha value is -2.74. The van der Waals surface area contributed by atoms with Gasteiger partial charge in [-0.05, 0) is 26.0 Å². The van der Waals surface area contributed by atoms with Crippen molar-refractivity contribution in [2.75, 3.05) is 12.8 Å². The van der Waals surface area contributed by atoms with Crippen LogP contribution in [-0.2, 0) is 29.3 Å². The smallest absolute Gasteiger partial charge is 0.337 e. The lowest BCUT2D eigenvalue weighted by atomic mass is 9.92. The van der Waals surface area contributed by atoms with Crippen molar-refractivity contribution in [2.45, 2.75) is 43.5 Å². The summed E-state index contributed by atoms with van der Waals surface area (Å²) in [7, 11) is 1.24. The minimum atomic E-state index is -1.63. The number of nitrogens with zero attached hydrogens (tertiary/aromatic N) is 4. The Kier molecular flexibility index (Phi) is 3.46. The van der Waals surface area contributed by atoms with Crippen LogP contribution < -0.4 is 5.73 Å². The van der Waals surface area contributed by atoms with Gasteiger partial charge in [-0.15, -0.1) is 0 Å². The molecule has 2 saturated heterocycles. The van der Waals surface area contributed by atoms with E-state index in [2.05, 4.69) is 16.2 Å². The second kappa shape index (κ2) is 5.38. The molecule has 2 aromatic heterocycles. The lowest BCUT2D eigenvalue weighted by molar-refractivity contribution is -0.207. The van der Waals surface area contributed by atoms with Crippen LogP contribution in [0.5, 0.6) is 0 Å². The van der Waals surface area contributed by atoms with Gasteiger partial charge in [-0.3, -0.25) is 0 Å². The fourth-order valence-corrected chi connectivity index (χ4v) is 3.55.